The van der Waals surface area contributed by atoms with Gasteiger partial charge in [0.1, 0.15) is 0 Å². The third-order valence-corrected chi connectivity index (χ3v) is 3.27. The monoisotopic (exact) mass is 286 g/mol. The Morgan fingerprint density at radius 1 is 1.21 bits per heavy atom. The summed E-state index contributed by atoms with van der Waals surface area (Å²) in [5.74, 6) is 0. The Hall–Kier alpha value is -0.810. The lowest BCUT2D eigenvalue weighted by Crippen LogP contribution is -2.30. The van der Waals surface area contributed by atoms with Gasteiger partial charge in [0.05, 0.1) is 23.9 Å². The smallest absolute Gasteiger partial charge is 0.0642 e. The highest BCUT2D eigenvalue weighted by Gasteiger charge is 2.11. The van der Waals surface area contributed by atoms with Gasteiger partial charge in [-0.2, -0.15) is 0 Å². The number of nitrogens with two attached hydrogens (primary N) is 1. The van der Waals surface area contributed by atoms with Gasteiger partial charge in [0.2, 0.25) is 0 Å². The number of halogens is 1. The fourth-order valence-electron chi connectivity index (χ4n) is 1.82. The predicted octanol–water partition coefficient (Wildman–Crippen LogP) is 2.46. The van der Waals surface area contributed by atoms with Crippen molar-refractivity contribution < 1.29 is 9.47 Å². The maximum atomic E-state index is 6.35. The molecule has 0 radical (unpaired) electrons. The highest BCUT2D eigenvalue weighted by molar-refractivity contribution is 6.33. The third-order valence-electron chi connectivity index (χ3n) is 2.97. The Labute approximate surface area is 120 Å². The van der Waals surface area contributed by atoms with Crippen molar-refractivity contribution in [2.24, 2.45) is 5.73 Å². The summed E-state index contributed by atoms with van der Waals surface area (Å²) in [6, 6.07) is 5.93. The highest BCUT2D eigenvalue weighted by Crippen LogP contribution is 2.28. The summed E-state index contributed by atoms with van der Waals surface area (Å²) in [5, 5.41) is 0.710. The molecule has 0 saturated carbocycles. The lowest BCUT2D eigenvalue weighted by Gasteiger charge is -2.25. The molecule has 5 heteroatoms. The molecule has 1 aromatic rings. The SMILES string of the molecule is COCCN(CCOC)c1ccc([C@H](C)N)cc1Cl. The molecule has 19 heavy (non-hydrogen) atoms. The van der Waals surface area contributed by atoms with Crippen LogP contribution in [0.3, 0.4) is 0 Å². The van der Waals surface area contributed by atoms with Crippen molar-refractivity contribution in [1.29, 1.82) is 0 Å². The molecule has 0 spiro atoms. The van der Waals surface area contributed by atoms with Crippen molar-refractivity contribution in [1.82, 2.24) is 0 Å². The average molecular weight is 287 g/mol. The Bertz CT molecular complexity index is 378. The first-order chi connectivity index (χ1) is 9.10. The maximum Gasteiger partial charge on any atom is 0.0642 e. The molecule has 0 aliphatic rings. The van der Waals surface area contributed by atoms with E-state index in [1.165, 1.54) is 0 Å². The molecule has 1 atom stereocenters. The normalized spacial score (nSPS) is 12.5. The molecular weight excluding hydrogens is 264 g/mol. The number of nitrogens with zero attached hydrogens (tertiary/aromatic N) is 1. The molecule has 0 bridgehead atoms. The molecule has 0 saturated heterocycles. The highest BCUT2D eigenvalue weighted by atomic mass is 35.5. The van der Waals surface area contributed by atoms with Crippen LogP contribution in [0, 0.1) is 0 Å². The zero-order chi connectivity index (χ0) is 14.3. The number of hydrogen-bond donors (Lipinski definition) is 1. The first-order valence-electron chi connectivity index (χ1n) is 6.38. The van der Waals surface area contributed by atoms with E-state index < -0.39 is 0 Å². The van der Waals surface area contributed by atoms with E-state index in [-0.39, 0.29) is 6.04 Å². The molecule has 1 rings (SSSR count). The molecular formula is C14H23ClN2O2. The van der Waals surface area contributed by atoms with Crippen LogP contribution in [0.4, 0.5) is 5.69 Å². The van der Waals surface area contributed by atoms with Crippen LogP contribution in [-0.4, -0.2) is 40.5 Å². The van der Waals surface area contributed by atoms with Gasteiger partial charge in [-0.15, -0.1) is 0 Å². The van der Waals surface area contributed by atoms with Crippen molar-refractivity contribution in [3.8, 4) is 0 Å². The van der Waals surface area contributed by atoms with Gasteiger partial charge in [-0.05, 0) is 24.6 Å². The number of ether oxygens (including phenoxy) is 2. The summed E-state index contributed by atoms with van der Waals surface area (Å²) in [6.45, 7) is 4.79. The Morgan fingerprint density at radius 2 is 1.79 bits per heavy atom. The minimum Gasteiger partial charge on any atom is -0.383 e. The largest absolute Gasteiger partial charge is 0.383 e. The van der Waals surface area contributed by atoms with E-state index in [0.717, 1.165) is 24.3 Å². The van der Waals surface area contributed by atoms with Crippen LogP contribution in [0.1, 0.15) is 18.5 Å². The molecule has 0 aliphatic heterocycles. The van der Waals surface area contributed by atoms with Gasteiger partial charge in [0, 0.05) is 33.4 Å². The molecule has 0 aromatic heterocycles. The molecule has 4 nitrogen and oxygen atoms in total. The van der Waals surface area contributed by atoms with Crippen LogP contribution in [-0.2, 0) is 9.47 Å². The summed E-state index contributed by atoms with van der Waals surface area (Å²) in [6.07, 6.45) is 0. The quantitative estimate of drug-likeness (QED) is 0.797. The van der Waals surface area contributed by atoms with E-state index in [9.17, 15) is 0 Å². The molecule has 1 aromatic carbocycles. The van der Waals surface area contributed by atoms with Gasteiger partial charge in [-0.25, -0.2) is 0 Å². The van der Waals surface area contributed by atoms with Crippen LogP contribution >= 0.6 is 11.6 Å². The van der Waals surface area contributed by atoms with Gasteiger partial charge < -0.3 is 20.1 Å². The minimum atomic E-state index is -0.0158. The van der Waals surface area contributed by atoms with Crippen molar-refractivity contribution in [3.63, 3.8) is 0 Å². The summed E-state index contributed by atoms with van der Waals surface area (Å²) < 4.78 is 10.3. The molecule has 0 unspecified atom stereocenters. The van der Waals surface area contributed by atoms with E-state index in [1.807, 2.05) is 25.1 Å². The van der Waals surface area contributed by atoms with Crippen molar-refractivity contribution in [2.75, 3.05) is 45.4 Å². The van der Waals surface area contributed by atoms with E-state index in [2.05, 4.69) is 4.90 Å². The Balaban J connectivity index is 2.87. The van der Waals surface area contributed by atoms with Crippen molar-refractivity contribution in [2.45, 2.75) is 13.0 Å². The number of hydrogen-bond acceptors (Lipinski definition) is 4. The van der Waals surface area contributed by atoms with Crippen LogP contribution in [0.2, 0.25) is 5.02 Å². The summed E-state index contributed by atoms with van der Waals surface area (Å²) >= 11 is 6.35. The summed E-state index contributed by atoms with van der Waals surface area (Å²) in [7, 11) is 3.38. The van der Waals surface area contributed by atoms with Gasteiger partial charge in [-0.3, -0.25) is 0 Å². The van der Waals surface area contributed by atoms with Crippen LogP contribution in [0.5, 0.6) is 0 Å². The molecule has 0 amide bonds. The van der Waals surface area contributed by atoms with Crippen molar-refractivity contribution in [3.05, 3.63) is 28.8 Å². The number of methoxy groups -OCH3 is 2. The topological polar surface area (TPSA) is 47.7 Å². The minimum absolute atomic E-state index is 0.0158. The first-order valence-corrected chi connectivity index (χ1v) is 6.75. The molecule has 0 fully saturated rings. The van der Waals surface area contributed by atoms with Gasteiger partial charge >= 0.3 is 0 Å². The van der Waals surface area contributed by atoms with E-state index in [4.69, 9.17) is 26.8 Å². The second kappa shape index (κ2) is 8.38. The summed E-state index contributed by atoms with van der Waals surface area (Å²) in [4.78, 5) is 2.15. The average Bonchev–Trinajstić information content (AvgIpc) is 2.39. The fraction of sp³-hybridized carbons (Fsp3) is 0.571. The number of anilines is 1. The van der Waals surface area contributed by atoms with Crippen molar-refractivity contribution >= 4 is 17.3 Å². The molecule has 0 heterocycles. The second-order valence-electron chi connectivity index (χ2n) is 4.47. The number of rotatable bonds is 8. The summed E-state index contributed by atoms with van der Waals surface area (Å²) in [5.41, 5.74) is 7.88. The molecule has 2 N–H and O–H groups in total. The Kier molecular flexibility index (Phi) is 7.16. The van der Waals surface area contributed by atoms with Gasteiger partial charge in [-0.1, -0.05) is 17.7 Å². The standard InChI is InChI=1S/C14H23ClN2O2/c1-11(16)12-4-5-14(13(15)10-12)17(6-8-18-2)7-9-19-3/h4-5,10-11H,6-9,16H2,1-3H3/t11-/m0/s1. The van der Waals surface area contributed by atoms with Gasteiger partial charge in [0.25, 0.3) is 0 Å². The third kappa shape index (κ3) is 4.99. The van der Waals surface area contributed by atoms with Crippen LogP contribution in [0.25, 0.3) is 0 Å². The predicted molar refractivity (Wildman–Crippen MR) is 80.0 cm³/mol. The van der Waals surface area contributed by atoms with Crippen LogP contribution < -0.4 is 10.6 Å². The second-order valence-corrected chi connectivity index (χ2v) is 4.88. The van der Waals surface area contributed by atoms with Crippen LogP contribution in [0.15, 0.2) is 18.2 Å². The Morgan fingerprint density at radius 3 is 2.21 bits per heavy atom. The maximum absolute atomic E-state index is 6.35. The molecule has 0 aliphatic carbocycles. The number of benzene rings is 1. The van der Waals surface area contributed by atoms with E-state index in [0.29, 0.717) is 18.2 Å². The first kappa shape index (κ1) is 16.2. The lowest BCUT2D eigenvalue weighted by molar-refractivity contribution is 0.190. The van der Waals surface area contributed by atoms with E-state index in [1.54, 1.807) is 14.2 Å². The van der Waals surface area contributed by atoms with E-state index >= 15 is 0 Å². The zero-order valence-corrected chi connectivity index (χ0v) is 12.6. The molecule has 108 valence electrons. The lowest BCUT2D eigenvalue weighted by atomic mass is 10.1. The fourth-order valence-corrected chi connectivity index (χ4v) is 2.13. The van der Waals surface area contributed by atoms with Gasteiger partial charge in [0.15, 0.2) is 0 Å². The zero-order valence-electron chi connectivity index (χ0n) is 11.9.